The van der Waals surface area contributed by atoms with Crippen LogP contribution in [0.5, 0.6) is 5.75 Å². The lowest BCUT2D eigenvalue weighted by molar-refractivity contribution is -0.168. The average Bonchev–Trinajstić information content (AvgIpc) is 2.99. The van der Waals surface area contributed by atoms with Crippen LogP contribution in [0.1, 0.15) is 23.1 Å². The van der Waals surface area contributed by atoms with E-state index < -0.39 is 6.04 Å². The van der Waals surface area contributed by atoms with E-state index in [-0.39, 0.29) is 23.7 Å². The number of nitrogens with zero attached hydrogens (tertiary/aromatic N) is 3. The fourth-order valence-electron chi connectivity index (χ4n) is 5.95. The van der Waals surface area contributed by atoms with Crippen molar-refractivity contribution in [3.63, 3.8) is 0 Å². The summed E-state index contributed by atoms with van der Waals surface area (Å²) in [5.74, 6) is 0.811. The molecule has 0 bridgehead atoms. The number of piperazine rings is 1. The molecule has 4 aromatic carbocycles. The number of hydrogen-bond donors (Lipinski definition) is 2. The van der Waals surface area contributed by atoms with Gasteiger partial charge in [0.25, 0.3) is 0 Å². The number of benzene rings is 4. The van der Waals surface area contributed by atoms with Gasteiger partial charge in [0.15, 0.2) is 0 Å². The number of nitrogens with one attached hydrogen (secondary N) is 1. The van der Waals surface area contributed by atoms with Crippen molar-refractivity contribution < 1.29 is 14.7 Å². The molecular weight excluding hydrogens is 512 g/mol. The Morgan fingerprint density at radius 1 is 0.854 bits per heavy atom. The van der Waals surface area contributed by atoms with Crippen molar-refractivity contribution in [3.8, 4) is 5.75 Å². The van der Waals surface area contributed by atoms with E-state index in [9.17, 15) is 14.7 Å². The van der Waals surface area contributed by atoms with Crippen molar-refractivity contribution in [2.75, 3.05) is 13.1 Å². The van der Waals surface area contributed by atoms with Crippen LogP contribution >= 0.6 is 0 Å². The van der Waals surface area contributed by atoms with Gasteiger partial charge in [-0.25, -0.2) is 0 Å². The molecule has 2 aliphatic heterocycles. The van der Waals surface area contributed by atoms with Crippen LogP contribution in [0.3, 0.4) is 0 Å². The van der Waals surface area contributed by atoms with Gasteiger partial charge in [0.05, 0.1) is 12.4 Å². The van der Waals surface area contributed by atoms with Gasteiger partial charge in [0, 0.05) is 32.5 Å². The Hall–Kier alpha value is -4.78. The first kappa shape index (κ1) is 26.4. The van der Waals surface area contributed by atoms with E-state index in [1.807, 2.05) is 47.4 Å². The number of amides is 2. The van der Waals surface area contributed by atoms with E-state index >= 15 is 0 Å². The molecule has 7 nitrogen and oxygen atoms in total. The largest absolute Gasteiger partial charge is 0.508 e. The van der Waals surface area contributed by atoms with Crippen LogP contribution < -0.4 is 5.32 Å². The second-order valence-corrected chi connectivity index (χ2v) is 10.8. The molecule has 7 heteroatoms. The molecule has 0 aromatic heterocycles. The molecule has 0 aliphatic carbocycles. The van der Waals surface area contributed by atoms with Gasteiger partial charge >= 0.3 is 0 Å². The lowest BCUT2D eigenvalue weighted by atomic mass is 9.96. The summed E-state index contributed by atoms with van der Waals surface area (Å²) in [5.41, 5.74) is 3.07. The zero-order valence-electron chi connectivity index (χ0n) is 22.9. The summed E-state index contributed by atoms with van der Waals surface area (Å²) in [5, 5.41) is 15.5. The minimum atomic E-state index is -0.657. The highest BCUT2D eigenvalue weighted by molar-refractivity contribution is 5.90. The molecule has 41 heavy (non-hydrogen) atoms. The Morgan fingerprint density at radius 2 is 1.56 bits per heavy atom. The maximum absolute atomic E-state index is 14.1. The minimum absolute atomic E-state index is 0.0235. The maximum atomic E-state index is 14.1. The number of aromatic hydroxyl groups is 1. The van der Waals surface area contributed by atoms with Crippen LogP contribution in [0, 0.1) is 0 Å². The molecule has 2 fully saturated rings. The summed E-state index contributed by atoms with van der Waals surface area (Å²) < 4.78 is 0. The van der Waals surface area contributed by atoms with Crippen molar-refractivity contribution in [3.05, 3.63) is 126 Å². The van der Waals surface area contributed by atoms with Crippen molar-refractivity contribution in [2.24, 2.45) is 0 Å². The highest BCUT2D eigenvalue weighted by atomic mass is 16.3. The van der Waals surface area contributed by atoms with Gasteiger partial charge in [-0.05, 0) is 45.7 Å². The molecule has 2 unspecified atom stereocenters. The van der Waals surface area contributed by atoms with Crippen LogP contribution in [-0.2, 0) is 29.1 Å². The zero-order valence-corrected chi connectivity index (χ0v) is 22.9. The second kappa shape index (κ2) is 11.4. The highest BCUT2D eigenvalue weighted by Gasteiger charge is 2.47. The third kappa shape index (κ3) is 5.61. The smallest absolute Gasteiger partial charge is 0.246 e. The van der Waals surface area contributed by atoms with Crippen LogP contribution in [0.2, 0.25) is 0 Å². The number of carbonyl (C=O) groups is 2. The molecule has 0 radical (unpaired) electrons. The third-order valence-electron chi connectivity index (χ3n) is 8.09. The Balaban J connectivity index is 1.30. The minimum Gasteiger partial charge on any atom is -0.508 e. The third-order valence-corrected chi connectivity index (χ3v) is 8.09. The van der Waals surface area contributed by atoms with Gasteiger partial charge in [0.1, 0.15) is 18.0 Å². The van der Waals surface area contributed by atoms with Gasteiger partial charge < -0.3 is 25.1 Å². The number of hydrogen-bond acceptors (Lipinski definition) is 5. The van der Waals surface area contributed by atoms with Crippen LogP contribution in [0.15, 0.2) is 109 Å². The average molecular weight is 547 g/mol. The predicted molar refractivity (Wildman–Crippen MR) is 159 cm³/mol. The van der Waals surface area contributed by atoms with Gasteiger partial charge in [-0.15, -0.1) is 0 Å². The van der Waals surface area contributed by atoms with Crippen LogP contribution in [0.4, 0.5) is 0 Å². The first-order valence-corrected chi connectivity index (χ1v) is 14.0. The Bertz CT molecular complexity index is 1570. The SMILES string of the molecule is C=C(NCc1ccccc1)N1CCC(=O)N2C(Cc3ccc(O)cc3)C(=O)N(Cc3ccc4ccccc4c3)CC12. The maximum Gasteiger partial charge on any atom is 0.246 e. The van der Waals surface area contributed by atoms with E-state index in [0.717, 1.165) is 33.3 Å². The standard InChI is InChI=1S/C34H34N4O3/c1-24(35-21-26-7-3-2-4-8-26)37-18-17-33(40)38-31(20-25-12-15-30(39)16-13-25)34(41)36(23-32(37)38)22-27-11-14-28-9-5-6-10-29(28)19-27/h2-16,19,31-32,35,39H,1,17-18,20-23H2. The Kier molecular flexibility index (Phi) is 7.33. The van der Waals surface area contributed by atoms with Crippen molar-refractivity contribution in [1.29, 1.82) is 0 Å². The molecule has 2 aliphatic rings. The molecule has 2 heterocycles. The molecule has 6 rings (SSSR count). The van der Waals surface area contributed by atoms with E-state index in [1.165, 1.54) is 0 Å². The molecule has 2 saturated heterocycles. The van der Waals surface area contributed by atoms with Crippen molar-refractivity contribution in [2.45, 2.75) is 38.1 Å². The lowest BCUT2D eigenvalue weighted by Crippen LogP contribution is -2.70. The number of fused-ring (bicyclic) bond motifs is 2. The van der Waals surface area contributed by atoms with Crippen LogP contribution in [0.25, 0.3) is 10.8 Å². The van der Waals surface area contributed by atoms with Crippen LogP contribution in [-0.4, -0.2) is 56.9 Å². The second-order valence-electron chi connectivity index (χ2n) is 10.8. The fourth-order valence-corrected chi connectivity index (χ4v) is 5.95. The summed E-state index contributed by atoms with van der Waals surface area (Å²) in [6, 6.07) is 30.8. The molecule has 2 N–H and O–H groups in total. The number of rotatable bonds is 8. The van der Waals surface area contributed by atoms with E-state index in [2.05, 4.69) is 59.3 Å². The summed E-state index contributed by atoms with van der Waals surface area (Å²) in [6.07, 6.45) is 0.340. The molecule has 2 atom stereocenters. The monoisotopic (exact) mass is 546 g/mol. The number of phenols is 1. The summed E-state index contributed by atoms with van der Waals surface area (Å²) in [6.45, 7) is 6.32. The topological polar surface area (TPSA) is 76.1 Å². The molecule has 208 valence electrons. The predicted octanol–water partition coefficient (Wildman–Crippen LogP) is 4.62. The molecule has 0 spiro atoms. The van der Waals surface area contributed by atoms with Gasteiger partial charge in [-0.2, -0.15) is 0 Å². The van der Waals surface area contributed by atoms with Gasteiger partial charge in [0.2, 0.25) is 11.8 Å². The first-order valence-electron chi connectivity index (χ1n) is 14.0. The Labute approximate surface area is 240 Å². The van der Waals surface area contributed by atoms with Gasteiger partial charge in [-0.1, -0.05) is 85.4 Å². The van der Waals surface area contributed by atoms with Crippen molar-refractivity contribution in [1.82, 2.24) is 20.0 Å². The number of phenolic OH excluding ortho intramolecular Hbond substituents is 1. The summed E-state index contributed by atoms with van der Waals surface area (Å²) in [7, 11) is 0. The molecule has 0 saturated carbocycles. The zero-order chi connectivity index (χ0) is 28.3. The van der Waals surface area contributed by atoms with E-state index in [4.69, 9.17) is 0 Å². The van der Waals surface area contributed by atoms with Gasteiger partial charge in [-0.3, -0.25) is 9.59 Å². The van der Waals surface area contributed by atoms with Crippen molar-refractivity contribution >= 4 is 22.6 Å². The van der Waals surface area contributed by atoms with E-state index in [1.54, 1.807) is 17.0 Å². The summed E-state index contributed by atoms with van der Waals surface area (Å²) in [4.78, 5) is 33.3. The fraction of sp³-hybridized carbons (Fsp3) is 0.235. The molecule has 2 amide bonds. The quantitative estimate of drug-likeness (QED) is 0.337. The lowest BCUT2D eigenvalue weighted by Gasteiger charge is -2.53. The number of carbonyl (C=O) groups excluding carboxylic acids is 2. The van der Waals surface area contributed by atoms with E-state index in [0.29, 0.717) is 39.0 Å². The molecule has 4 aromatic rings. The Morgan fingerprint density at radius 3 is 2.34 bits per heavy atom. The first-order chi connectivity index (χ1) is 20.0. The highest BCUT2D eigenvalue weighted by Crippen LogP contribution is 2.30. The normalized spacial score (nSPS) is 18.9. The molecular formula is C34H34N4O3. The summed E-state index contributed by atoms with van der Waals surface area (Å²) >= 11 is 0.